The summed E-state index contributed by atoms with van der Waals surface area (Å²) in [6, 6.07) is 11.5. The third-order valence-corrected chi connectivity index (χ3v) is 11.8. The van der Waals surface area contributed by atoms with Crippen molar-refractivity contribution >= 4 is 0 Å². The van der Waals surface area contributed by atoms with Crippen LogP contribution in [0.3, 0.4) is 0 Å². The van der Waals surface area contributed by atoms with E-state index in [1.54, 1.807) is 0 Å². The van der Waals surface area contributed by atoms with E-state index >= 15 is 0 Å². The number of nitrogens with zero attached hydrogens (tertiary/aromatic N) is 1. The fourth-order valence-corrected chi connectivity index (χ4v) is 8.75. The van der Waals surface area contributed by atoms with Gasteiger partial charge in [0.25, 0.3) is 0 Å². The van der Waals surface area contributed by atoms with E-state index in [0.717, 1.165) is 60.4 Å². The summed E-state index contributed by atoms with van der Waals surface area (Å²) in [5, 5.41) is 11.8. The number of hydrogen-bond acceptors (Lipinski definition) is 5. The maximum Gasteiger partial charge on any atom is 0.0922 e. The van der Waals surface area contributed by atoms with Gasteiger partial charge < -0.3 is 26.6 Å². The molecule has 1 aliphatic heterocycles. The van der Waals surface area contributed by atoms with Gasteiger partial charge in [-0.3, -0.25) is 0 Å². The Bertz CT molecular complexity index is 1280. The zero-order chi connectivity index (χ0) is 33.8. The van der Waals surface area contributed by atoms with Crippen molar-refractivity contribution < 1.29 is 0 Å². The highest BCUT2D eigenvalue weighted by Gasteiger charge is 2.55. The Balaban J connectivity index is 1.25. The largest absolute Gasteiger partial charge is 0.399 e. The monoisotopic (exact) mass is 640 g/mol. The Morgan fingerprint density at radius 1 is 0.979 bits per heavy atom. The fourth-order valence-electron chi connectivity index (χ4n) is 8.75. The molecular weight excluding hydrogens is 574 g/mol. The zero-order valence-corrected chi connectivity index (χ0v) is 30.0. The van der Waals surface area contributed by atoms with Crippen LogP contribution in [0.25, 0.3) is 0 Å². The van der Waals surface area contributed by atoms with Crippen molar-refractivity contribution in [3.8, 4) is 0 Å². The molecule has 1 aromatic rings. The van der Waals surface area contributed by atoms with E-state index in [2.05, 4.69) is 98.3 Å². The van der Waals surface area contributed by atoms with Crippen LogP contribution in [0.1, 0.15) is 110 Å². The van der Waals surface area contributed by atoms with Crippen LogP contribution in [-0.4, -0.2) is 35.1 Å². The van der Waals surface area contributed by atoms with Crippen LogP contribution in [-0.2, 0) is 6.42 Å². The summed E-state index contributed by atoms with van der Waals surface area (Å²) in [5.41, 5.74) is 11.3. The molecule has 1 heterocycles. The van der Waals surface area contributed by atoms with Crippen LogP contribution in [0.15, 0.2) is 91.7 Å². The molecule has 0 spiro atoms. The minimum absolute atomic E-state index is 0.0476. The van der Waals surface area contributed by atoms with Gasteiger partial charge in [0.1, 0.15) is 0 Å². The summed E-state index contributed by atoms with van der Waals surface area (Å²) in [6.45, 7) is 30.2. The number of allylic oxidation sites excluding steroid dienone is 1. The first-order valence-corrected chi connectivity index (χ1v) is 18.7. The highest BCUT2D eigenvalue weighted by atomic mass is 15.3. The van der Waals surface area contributed by atoms with Crippen LogP contribution in [0.4, 0.5) is 0 Å². The first-order valence-electron chi connectivity index (χ1n) is 18.7. The summed E-state index contributed by atoms with van der Waals surface area (Å²) in [6.07, 6.45) is 17.0. The predicted octanol–water partition coefficient (Wildman–Crippen LogP) is 8.69. The second-order valence-electron chi connectivity index (χ2n) is 16.7. The number of nitrogens with two attached hydrogens (primary N) is 1. The number of benzene rings is 1. The van der Waals surface area contributed by atoms with Crippen LogP contribution in [0.2, 0.25) is 0 Å². The first-order chi connectivity index (χ1) is 22.3. The third-order valence-electron chi connectivity index (χ3n) is 11.8. The van der Waals surface area contributed by atoms with E-state index in [-0.39, 0.29) is 29.1 Å². The van der Waals surface area contributed by atoms with Crippen molar-refractivity contribution in [1.82, 2.24) is 20.9 Å². The topological polar surface area (TPSA) is 65.3 Å². The van der Waals surface area contributed by atoms with Gasteiger partial charge in [-0.15, -0.1) is 0 Å². The van der Waals surface area contributed by atoms with Gasteiger partial charge in [-0.25, -0.2) is 0 Å². The van der Waals surface area contributed by atoms with Crippen LogP contribution in [0.5, 0.6) is 0 Å². The van der Waals surface area contributed by atoms with E-state index in [1.165, 1.54) is 76.2 Å². The predicted molar refractivity (Wildman–Crippen MR) is 200 cm³/mol. The molecular formula is C42H65N5. The van der Waals surface area contributed by atoms with Gasteiger partial charge in [0, 0.05) is 35.2 Å². The standard InChI is InChI=1S/C42H65N5/c1-29(30(2)43)25-37(26-35-19-15-20-35)44-31(3)39-38-27-36(38)28-47(39)32(4)40(41(6,7)8)45-33(5)46-42(22-13-10-14-23-42)24-16-21-34-17-11-9-12-18-34/h9,11-12,17-18,35-40,44-46H,1-5,10,13-16,19-28,43H2,6-8H3/t36-,37?,38-,39?,40?/m0/s1. The molecule has 4 fully saturated rings. The number of piperidine rings is 1. The van der Waals surface area contributed by atoms with E-state index in [9.17, 15) is 0 Å². The highest BCUT2D eigenvalue weighted by Crippen LogP contribution is 2.53. The average molecular weight is 640 g/mol. The molecule has 258 valence electrons. The summed E-state index contributed by atoms with van der Waals surface area (Å²) in [7, 11) is 0. The van der Waals surface area contributed by atoms with Gasteiger partial charge in [0.2, 0.25) is 0 Å². The van der Waals surface area contributed by atoms with Crippen LogP contribution < -0.4 is 21.7 Å². The Labute approximate surface area is 287 Å². The molecule has 0 amide bonds. The van der Waals surface area contributed by atoms with E-state index < -0.39 is 0 Å². The molecule has 5 atom stereocenters. The number of nitrogens with one attached hydrogen (secondary N) is 3. The number of aryl methyl sites for hydroxylation is 1. The molecule has 0 bridgehead atoms. The lowest BCUT2D eigenvalue weighted by Crippen LogP contribution is -2.54. The van der Waals surface area contributed by atoms with Crippen molar-refractivity contribution in [2.45, 2.75) is 134 Å². The molecule has 5 N–H and O–H groups in total. The normalized spacial score (nSPS) is 24.7. The summed E-state index contributed by atoms with van der Waals surface area (Å²) in [4.78, 5) is 2.57. The first kappa shape index (κ1) is 35.2. The molecule has 47 heavy (non-hydrogen) atoms. The molecule has 0 aromatic heterocycles. The second-order valence-corrected chi connectivity index (χ2v) is 16.7. The lowest BCUT2D eigenvalue weighted by Gasteiger charge is -2.45. The van der Waals surface area contributed by atoms with Gasteiger partial charge in [0.05, 0.1) is 17.9 Å². The minimum Gasteiger partial charge on any atom is -0.399 e. The minimum atomic E-state index is -0.0488. The lowest BCUT2D eigenvalue weighted by atomic mass is 9.78. The average Bonchev–Trinajstić information content (AvgIpc) is 3.66. The lowest BCUT2D eigenvalue weighted by molar-refractivity contribution is 0.197. The molecule has 5 heteroatoms. The number of fused-ring (bicyclic) bond motifs is 1. The van der Waals surface area contributed by atoms with Crippen molar-refractivity contribution in [3.05, 3.63) is 97.3 Å². The molecule has 5 rings (SSSR count). The quantitative estimate of drug-likeness (QED) is 0.121. The Hall–Kier alpha value is -3.08. The molecule has 0 radical (unpaired) electrons. The van der Waals surface area contributed by atoms with Crippen molar-refractivity contribution in [2.75, 3.05) is 6.54 Å². The maximum absolute atomic E-state index is 6.05. The SMILES string of the molecule is C=C(NC(C(=C)N1C[C@@H]2C[C@@H]2C1C(=C)NC(CC(=C)C(=C)N)CC1CCC1)C(C)(C)C)NC1(CCCc2ccccc2)CCCCC1. The number of likely N-dealkylation sites (tertiary alicyclic amines) is 1. The van der Waals surface area contributed by atoms with Crippen molar-refractivity contribution in [3.63, 3.8) is 0 Å². The smallest absolute Gasteiger partial charge is 0.0922 e. The highest BCUT2D eigenvalue weighted by molar-refractivity contribution is 5.28. The number of rotatable bonds is 18. The molecule has 1 saturated heterocycles. The van der Waals surface area contributed by atoms with Crippen LogP contribution in [0, 0.1) is 23.2 Å². The van der Waals surface area contributed by atoms with Crippen molar-refractivity contribution in [1.29, 1.82) is 0 Å². The Morgan fingerprint density at radius 3 is 2.30 bits per heavy atom. The van der Waals surface area contributed by atoms with Gasteiger partial charge in [0.15, 0.2) is 0 Å². The van der Waals surface area contributed by atoms with E-state index in [0.29, 0.717) is 11.6 Å². The Kier molecular flexibility index (Phi) is 11.2. The second kappa shape index (κ2) is 15.0. The van der Waals surface area contributed by atoms with Gasteiger partial charge >= 0.3 is 0 Å². The van der Waals surface area contributed by atoms with E-state index in [1.807, 2.05) is 0 Å². The summed E-state index contributed by atoms with van der Waals surface area (Å²) >= 11 is 0. The summed E-state index contributed by atoms with van der Waals surface area (Å²) < 4.78 is 0. The van der Waals surface area contributed by atoms with Crippen molar-refractivity contribution in [2.24, 2.45) is 28.9 Å². The molecule has 3 saturated carbocycles. The Morgan fingerprint density at radius 2 is 1.68 bits per heavy atom. The molecule has 3 aliphatic carbocycles. The molecule has 4 aliphatic rings. The van der Waals surface area contributed by atoms with Gasteiger partial charge in [-0.05, 0) is 85.7 Å². The summed E-state index contributed by atoms with van der Waals surface area (Å²) in [5.74, 6) is 3.07. The molecule has 1 aromatic carbocycles. The van der Waals surface area contributed by atoms with Crippen LogP contribution >= 0.6 is 0 Å². The fraction of sp³-hybridized carbons (Fsp3) is 0.619. The van der Waals surface area contributed by atoms with E-state index in [4.69, 9.17) is 12.3 Å². The van der Waals surface area contributed by atoms with Gasteiger partial charge in [-0.2, -0.15) is 0 Å². The third kappa shape index (κ3) is 9.09. The maximum atomic E-state index is 6.05. The number of hydrogen-bond donors (Lipinski definition) is 4. The molecule has 5 nitrogen and oxygen atoms in total. The zero-order valence-electron chi connectivity index (χ0n) is 30.0. The molecule has 3 unspecified atom stereocenters. The van der Waals surface area contributed by atoms with Gasteiger partial charge in [-0.1, -0.05) is 123 Å².